The number of piperidine rings is 1. The van der Waals surface area contributed by atoms with Crippen LogP contribution in [0.3, 0.4) is 0 Å². The van der Waals surface area contributed by atoms with Crippen LogP contribution in [0.1, 0.15) is 50.7 Å². The number of carbonyl (C=O) groups excluding carboxylic acids is 1. The molecule has 1 aromatic carbocycles. The van der Waals surface area contributed by atoms with Gasteiger partial charge in [-0.1, -0.05) is 0 Å². The SMILES string of the molecule is CC=N/C(=C(\C)OC(F)F)c1nc2c(nc1N1CCC(Oc3ccc(F)cc3F)CC1)CCN(C(C)=O)C2. The molecule has 1 saturated heterocycles. The lowest BCUT2D eigenvalue weighted by atomic mass is 10.1. The van der Waals surface area contributed by atoms with E-state index in [9.17, 15) is 22.4 Å². The van der Waals surface area contributed by atoms with Crippen LogP contribution in [-0.4, -0.2) is 59.3 Å². The maximum Gasteiger partial charge on any atom is 0.387 e. The number of hydrogen-bond acceptors (Lipinski definition) is 7. The van der Waals surface area contributed by atoms with Crippen LogP contribution in [0.2, 0.25) is 0 Å². The third-order valence-electron chi connectivity index (χ3n) is 6.45. The number of amides is 1. The van der Waals surface area contributed by atoms with Gasteiger partial charge in [0, 0.05) is 58.1 Å². The van der Waals surface area contributed by atoms with E-state index >= 15 is 0 Å². The topological polar surface area (TPSA) is 80.2 Å². The Balaban J connectivity index is 1.65. The fourth-order valence-electron chi connectivity index (χ4n) is 4.54. The van der Waals surface area contributed by atoms with Crippen molar-refractivity contribution in [1.82, 2.24) is 14.9 Å². The van der Waals surface area contributed by atoms with Crippen molar-refractivity contribution in [3.8, 4) is 5.75 Å². The summed E-state index contributed by atoms with van der Waals surface area (Å²) in [5.74, 6) is -1.21. The number of anilines is 1. The van der Waals surface area contributed by atoms with Crippen LogP contribution in [0.5, 0.6) is 5.75 Å². The zero-order valence-corrected chi connectivity index (χ0v) is 21.4. The van der Waals surface area contributed by atoms with E-state index in [2.05, 4.69) is 9.73 Å². The molecule has 0 radical (unpaired) electrons. The molecule has 1 amide bonds. The molecule has 2 aromatic rings. The summed E-state index contributed by atoms with van der Waals surface area (Å²) in [6.45, 7) is 3.15. The number of fused-ring (bicyclic) bond motifs is 1. The Morgan fingerprint density at radius 1 is 1.13 bits per heavy atom. The number of halogens is 4. The molecule has 204 valence electrons. The summed E-state index contributed by atoms with van der Waals surface area (Å²) in [6.07, 6.45) is 2.67. The number of ether oxygens (including phenoxy) is 2. The number of aromatic nitrogens is 2. The van der Waals surface area contributed by atoms with Crippen molar-refractivity contribution in [3.63, 3.8) is 0 Å². The lowest BCUT2D eigenvalue weighted by Crippen LogP contribution is -2.40. The highest BCUT2D eigenvalue weighted by atomic mass is 19.3. The highest BCUT2D eigenvalue weighted by molar-refractivity contribution is 5.78. The predicted octanol–water partition coefficient (Wildman–Crippen LogP) is 4.73. The largest absolute Gasteiger partial charge is 0.487 e. The van der Waals surface area contributed by atoms with Crippen LogP contribution in [0.25, 0.3) is 5.70 Å². The molecule has 0 spiro atoms. The lowest BCUT2D eigenvalue weighted by Gasteiger charge is -2.35. The van der Waals surface area contributed by atoms with E-state index in [0.717, 1.165) is 17.8 Å². The summed E-state index contributed by atoms with van der Waals surface area (Å²) >= 11 is 0. The van der Waals surface area contributed by atoms with Crippen molar-refractivity contribution in [2.75, 3.05) is 24.5 Å². The Bertz CT molecular complexity index is 1250. The highest BCUT2D eigenvalue weighted by Gasteiger charge is 2.30. The molecule has 0 aliphatic carbocycles. The van der Waals surface area contributed by atoms with Crippen molar-refractivity contribution in [2.45, 2.75) is 59.3 Å². The van der Waals surface area contributed by atoms with Gasteiger partial charge in [0.1, 0.15) is 29.1 Å². The summed E-state index contributed by atoms with van der Waals surface area (Å²) in [5.41, 5.74) is 1.68. The number of rotatable bonds is 7. The van der Waals surface area contributed by atoms with Gasteiger partial charge in [-0.3, -0.25) is 9.79 Å². The summed E-state index contributed by atoms with van der Waals surface area (Å²) in [4.78, 5) is 29.5. The predicted molar refractivity (Wildman–Crippen MR) is 133 cm³/mol. The zero-order chi connectivity index (χ0) is 27.4. The highest BCUT2D eigenvalue weighted by Crippen LogP contribution is 2.33. The number of allylic oxidation sites excluding steroid dienone is 1. The third kappa shape index (κ3) is 6.22. The van der Waals surface area contributed by atoms with Crippen molar-refractivity contribution in [3.05, 3.63) is 52.7 Å². The van der Waals surface area contributed by atoms with Gasteiger partial charge < -0.3 is 19.3 Å². The molecule has 2 aliphatic rings. The van der Waals surface area contributed by atoms with Gasteiger partial charge in [-0.2, -0.15) is 8.78 Å². The molecule has 1 aromatic heterocycles. The first kappa shape index (κ1) is 27.3. The summed E-state index contributed by atoms with van der Waals surface area (Å²) in [6, 6.07) is 3.18. The van der Waals surface area contributed by atoms with E-state index in [1.165, 1.54) is 26.1 Å². The van der Waals surface area contributed by atoms with E-state index in [1.54, 1.807) is 11.8 Å². The maximum atomic E-state index is 14.1. The Morgan fingerprint density at radius 2 is 1.87 bits per heavy atom. The van der Waals surface area contributed by atoms with Crippen molar-refractivity contribution < 1.29 is 31.8 Å². The summed E-state index contributed by atoms with van der Waals surface area (Å²) < 4.78 is 63.9. The molecular formula is C26H29F4N5O3. The quantitative estimate of drug-likeness (QED) is 0.290. The number of carbonyl (C=O) groups is 1. The maximum absolute atomic E-state index is 14.1. The van der Waals surface area contributed by atoms with Gasteiger partial charge in [0.2, 0.25) is 5.91 Å². The molecule has 0 atom stereocenters. The smallest absolute Gasteiger partial charge is 0.387 e. The summed E-state index contributed by atoms with van der Waals surface area (Å²) in [5, 5.41) is 0. The molecule has 0 N–H and O–H groups in total. The Kier molecular flexibility index (Phi) is 8.48. The normalized spacial score (nSPS) is 17.1. The van der Waals surface area contributed by atoms with Crippen LogP contribution < -0.4 is 9.64 Å². The first-order valence-corrected chi connectivity index (χ1v) is 12.3. The number of nitrogens with zero attached hydrogens (tertiary/aromatic N) is 5. The second-order valence-corrected chi connectivity index (χ2v) is 9.03. The molecule has 4 rings (SSSR count). The van der Waals surface area contributed by atoms with Crippen LogP contribution in [0, 0.1) is 11.6 Å². The molecular weight excluding hydrogens is 506 g/mol. The van der Waals surface area contributed by atoms with Crippen molar-refractivity contribution >= 4 is 23.6 Å². The molecule has 12 heteroatoms. The molecule has 1 fully saturated rings. The fraction of sp³-hybridized carbons (Fsp3) is 0.462. The number of aliphatic imine (C=N–C) groups is 1. The molecule has 0 unspecified atom stereocenters. The van der Waals surface area contributed by atoms with Crippen LogP contribution in [-0.2, 0) is 22.5 Å². The average Bonchev–Trinajstić information content (AvgIpc) is 2.88. The van der Waals surface area contributed by atoms with Crippen molar-refractivity contribution in [1.29, 1.82) is 0 Å². The van der Waals surface area contributed by atoms with E-state index in [0.29, 0.717) is 50.4 Å². The van der Waals surface area contributed by atoms with E-state index in [4.69, 9.17) is 14.7 Å². The third-order valence-corrected chi connectivity index (χ3v) is 6.45. The van der Waals surface area contributed by atoms with Crippen LogP contribution in [0.15, 0.2) is 29.0 Å². The molecule has 2 aliphatic heterocycles. The van der Waals surface area contributed by atoms with Crippen molar-refractivity contribution in [2.24, 2.45) is 4.99 Å². The van der Waals surface area contributed by atoms with Gasteiger partial charge in [-0.25, -0.2) is 18.7 Å². The first-order valence-electron chi connectivity index (χ1n) is 12.3. The Hall–Kier alpha value is -3.70. The standard InChI is InChI=1S/C26H29F4N5O3/c1-4-31-23(15(2)37-26(29)30)24-25(33-20-9-12-35(16(3)36)14-21(20)32-24)34-10-7-18(8-11-34)38-22-6-5-17(27)13-19(22)28/h4-6,13,18,26H,7-12,14H2,1-3H3/b23-15+,31-4?. The van der Waals surface area contributed by atoms with Crippen LogP contribution in [0.4, 0.5) is 23.4 Å². The minimum Gasteiger partial charge on any atom is -0.487 e. The zero-order valence-electron chi connectivity index (χ0n) is 21.4. The lowest BCUT2D eigenvalue weighted by molar-refractivity contribution is -0.129. The first-order chi connectivity index (χ1) is 18.2. The van der Waals surface area contributed by atoms with E-state index in [1.807, 2.05) is 4.90 Å². The summed E-state index contributed by atoms with van der Waals surface area (Å²) in [7, 11) is 0. The number of hydrogen-bond donors (Lipinski definition) is 0. The van der Waals surface area contributed by atoms with Gasteiger partial charge in [0.15, 0.2) is 17.4 Å². The van der Waals surface area contributed by atoms with E-state index < -0.39 is 18.2 Å². The fourth-order valence-corrected chi connectivity index (χ4v) is 4.54. The Labute approximate surface area is 218 Å². The monoisotopic (exact) mass is 535 g/mol. The minimum atomic E-state index is -3.04. The number of benzene rings is 1. The van der Waals surface area contributed by atoms with Crippen LogP contribution >= 0.6 is 0 Å². The Morgan fingerprint density at radius 3 is 2.50 bits per heavy atom. The number of alkyl halides is 2. The second kappa shape index (κ2) is 11.8. The molecule has 38 heavy (non-hydrogen) atoms. The van der Waals surface area contributed by atoms with Gasteiger partial charge in [0.25, 0.3) is 0 Å². The minimum absolute atomic E-state index is 0.0172. The molecule has 8 nitrogen and oxygen atoms in total. The van der Waals surface area contributed by atoms with Gasteiger partial charge >= 0.3 is 6.61 Å². The van der Waals surface area contributed by atoms with Gasteiger partial charge in [-0.15, -0.1) is 0 Å². The van der Waals surface area contributed by atoms with Gasteiger partial charge in [0.05, 0.1) is 17.9 Å². The molecule has 0 bridgehead atoms. The average molecular weight is 536 g/mol. The second-order valence-electron chi connectivity index (χ2n) is 9.03. The van der Waals surface area contributed by atoms with Gasteiger partial charge in [-0.05, 0) is 26.0 Å². The van der Waals surface area contributed by atoms with E-state index in [-0.39, 0.29) is 41.5 Å². The molecule has 0 saturated carbocycles. The molecule has 3 heterocycles.